The highest BCUT2D eigenvalue weighted by molar-refractivity contribution is 14.1. The first-order chi connectivity index (χ1) is 5.70. The number of aromatic amines is 1. The summed E-state index contributed by atoms with van der Waals surface area (Å²) in [4.78, 5) is 0. The molecule has 0 amide bonds. The molecule has 0 unspecified atom stereocenters. The highest BCUT2D eigenvalue weighted by Crippen LogP contribution is 2.27. The quantitative estimate of drug-likeness (QED) is 0.734. The Morgan fingerprint density at radius 3 is 2.92 bits per heavy atom. The van der Waals surface area contributed by atoms with Crippen molar-refractivity contribution in [1.82, 2.24) is 10.2 Å². The molecular formula is C7H3BrFIN2. The van der Waals surface area contributed by atoms with Crippen molar-refractivity contribution in [3.05, 3.63) is 26.1 Å². The monoisotopic (exact) mass is 340 g/mol. The molecule has 62 valence electrons. The standard InChI is InChI=1S/C7H3BrFIN2/c8-3-1-2-4(9)5-6(3)11-12-7(5)10/h1-2H,(H,11,12). The summed E-state index contributed by atoms with van der Waals surface area (Å²) in [7, 11) is 0. The Morgan fingerprint density at radius 1 is 1.50 bits per heavy atom. The van der Waals surface area contributed by atoms with Gasteiger partial charge in [0.1, 0.15) is 15.0 Å². The van der Waals surface area contributed by atoms with Gasteiger partial charge in [0.15, 0.2) is 0 Å². The lowest BCUT2D eigenvalue weighted by atomic mass is 10.2. The lowest BCUT2D eigenvalue weighted by Gasteiger charge is -1.93. The molecule has 1 heterocycles. The van der Waals surface area contributed by atoms with E-state index in [0.717, 1.165) is 8.17 Å². The summed E-state index contributed by atoms with van der Waals surface area (Å²) in [5.74, 6) is -0.244. The molecule has 1 aromatic heterocycles. The Labute approximate surface area is 89.8 Å². The maximum atomic E-state index is 13.2. The third-order valence-corrected chi connectivity index (χ3v) is 2.98. The average molecular weight is 341 g/mol. The van der Waals surface area contributed by atoms with E-state index in [1.54, 1.807) is 6.07 Å². The van der Waals surface area contributed by atoms with Gasteiger partial charge in [-0.25, -0.2) is 4.39 Å². The molecule has 1 N–H and O–H groups in total. The Hall–Kier alpha value is -0.170. The number of nitrogens with zero attached hydrogens (tertiary/aromatic N) is 1. The van der Waals surface area contributed by atoms with Crippen LogP contribution in [-0.4, -0.2) is 10.2 Å². The zero-order valence-corrected chi connectivity index (χ0v) is 9.48. The van der Waals surface area contributed by atoms with E-state index in [1.165, 1.54) is 6.07 Å². The SMILES string of the molecule is Fc1ccc(Br)c2n[nH]c(I)c12. The van der Waals surface area contributed by atoms with Gasteiger partial charge in [-0.05, 0) is 50.7 Å². The van der Waals surface area contributed by atoms with Crippen LogP contribution in [0.4, 0.5) is 4.39 Å². The number of aromatic nitrogens is 2. The fraction of sp³-hybridized carbons (Fsp3) is 0. The van der Waals surface area contributed by atoms with Gasteiger partial charge >= 0.3 is 0 Å². The van der Waals surface area contributed by atoms with Crippen LogP contribution in [0.1, 0.15) is 0 Å². The van der Waals surface area contributed by atoms with E-state index in [1.807, 2.05) is 22.6 Å². The first-order valence-corrected chi connectivity index (χ1v) is 5.05. The molecule has 0 saturated heterocycles. The molecule has 0 radical (unpaired) electrons. The highest BCUT2D eigenvalue weighted by atomic mass is 127. The largest absolute Gasteiger partial charge is 0.271 e. The van der Waals surface area contributed by atoms with Gasteiger partial charge in [0.2, 0.25) is 0 Å². The number of hydrogen-bond donors (Lipinski definition) is 1. The molecule has 0 aliphatic rings. The lowest BCUT2D eigenvalue weighted by Crippen LogP contribution is -1.78. The molecule has 1 aromatic carbocycles. The average Bonchev–Trinajstić information content (AvgIpc) is 2.42. The Kier molecular flexibility index (Phi) is 2.07. The number of rotatable bonds is 0. The van der Waals surface area contributed by atoms with E-state index < -0.39 is 0 Å². The summed E-state index contributed by atoms with van der Waals surface area (Å²) in [6.45, 7) is 0. The van der Waals surface area contributed by atoms with E-state index in [9.17, 15) is 4.39 Å². The van der Waals surface area contributed by atoms with Crippen LogP contribution in [0.25, 0.3) is 10.9 Å². The van der Waals surface area contributed by atoms with Gasteiger partial charge in [-0.15, -0.1) is 0 Å². The van der Waals surface area contributed by atoms with Gasteiger partial charge in [0, 0.05) is 4.47 Å². The summed E-state index contributed by atoms with van der Waals surface area (Å²) in [6, 6.07) is 3.07. The van der Waals surface area contributed by atoms with Crippen LogP contribution < -0.4 is 0 Å². The van der Waals surface area contributed by atoms with Gasteiger partial charge in [0.05, 0.1) is 5.39 Å². The predicted octanol–water partition coefficient (Wildman–Crippen LogP) is 3.07. The summed E-state index contributed by atoms with van der Waals surface area (Å²) < 4.78 is 14.7. The number of hydrogen-bond acceptors (Lipinski definition) is 1. The van der Waals surface area contributed by atoms with Crippen molar-refractivity contribution in [1.29, 1.82) is 0 Å². The minimum Gasteiger partial charge on any atom is -0.271 e. The molecule has 2 rings (SSSR count). The van der Waals surface area contributed by atoms with Crippen molar-refractivity contribution in [2.75, 3.05) is 0 Å². The van der Waals surface area contributed by atoms with Crippen molar-refractivity contribution in [3.8, 4) is 0 Å². The van der Waals surface area contributed by atoms with Crippen LogP contribution in [0.5, 0.6) is 0 Å². The zero-order valence-electron chi connectivity index (χ0n) is 5.74. The zero-order chi connectivity index (χ0) is 8.72. The van der Waals surface area contributed by atoms with Crippen LogP contribution in [0, 0.1) is 9.52 Å². The number of halogens is 3. The number of benzene rings is 1. The van der Waals surface area contributed by atoms with Gasteiger partial charge < -0.3 is 0 Å². The number of nitrogens with one attached hydrogen (secondary N) is 1. The number of fused-ring (bicyclic) bond motifs is 1. The van der Waals surface area contributed by atoms with Crippen LogP contribution >= 0.6 is 38.5 Å². The molecular weight excluding hydrogens is 338 g/mol. The van der Waals surface area contributed by atoms with Crippen molar-refractivity contribution in [2.45, 2.75) is 0 Å². The topological polar surface area (TPSA) is 28.7 Å². The van der Waals surface area contributed by atoms with Gasteiger partial charge in [0.25, 0.3) is 0 Å². The molecule has 0 atom stereocenters. The maximum Gasteiger partial charge on any atom is 0.135 e. The molecule has 0 fully saturated rings. The second-order valence-electron chi connectivity index (χ2n) is 2.29. The summed E-state index contributed by atoms with van der Waals surface area (Å²) in [5, 5.41) is 7.23. The lowest BCUT2D eigenvalue weighted by molar-refractivity contribution is 0.639. The van der Waals surface area contributed by atoms with Crippen LogP contribution in [0.2, 0.25) is 0 Å². The van der Waals surface area contributed by atoms with Gasteiger partial charge in [-0.2, -0.15) is 5.10 Å². The Morgan fingerprint density at radius 2 is 2.25 bits per heavy atom. The van der Waals surface area contributed by atoms with Crippen molar-refractivity contribution < 1.29 is 4.39 Å². The first-order valence-electron chi connectivity index (χ1n) is 3.17. The minimum atomic E-state index is -0.244. The summed E-state index contributed by atoms with van der Waals surface area (Å²) in [6.07, 6.45) is 0. The fourth-order valence-electron chi connectivity index (χ4n) is 1.02. The van der Waals surface area contributed by atoms with Crippen molar-refractivity contribution >= 4 is 49.4 Å². The molecule has 0 aliphatic heterocycles. The van der Waals surface area contributed by atoms with E-state index in [4.69, 9.17) is 0 Å². The van der Waals surface area contributed by atoms with E-state index in [-0.39, 0.29) is 5.82 Å². The predicted molar refractivity (Wildman–Crippen MR) is 56.5 cm³/mol. The molecule has 0 spiro atoms. The summed E-state index contributed by atoms with van der Waals surface area (Å²) in [5.41, 5.74) is 0.638. The third kappa shape index (κ3) is 1.15. The van der Waals surface area contributed by atoms with Crippen molar-refractivity contribution in [2.24, 2.45) is 0 Å². The molecule has 5 heteroatoms. The van der Waals surface area contributed by atoms with Crippen LogP contribution in [0.15, 0.2) is 16.6 Å². The van der Waals surface area contributed by atoms with E-state index >= 15 is 0 Å². The minimum absolute atomic E-state index is 0.244. The maximum absolute atomic E-state index is 13.2. The smallest absolute Gasteiger partial charge is 0.135 e. The van der Waals surface area contributed by atoms with Crippen molar-refractivity contribution in [3.63, 3.8) is 0 Å². The first kappa shape index (κ1) is 8.43. The van der Waals surface area contributed by atoms with Crippen LogP contribution in [0.3, 0.4) is 0 Å². The molecule has 0 bridgehead atoms. The fourth-order valence-corrected chi connectivity index (χ4v) is 2.07. The van der Waals surface area contributed by atoms with E-state index in [0.29, 0.717) is 10.9 Å². The Bertz CT molecular complexity index is 440. The second-order valence-corrected chi connectivity index (χ2v) is 4.22. The molecule has 12 heavy (non-hydrogen) atoms. The molecule has 2 aromatic rings. The molecule has 2 nitrogen and oxygen atoms in total. The molecule has 0 saturated carbocycles. The number of H-pyrrole nitrogens is 1. The molecule has 0 aliphatic carbocycles. The van der Waals surface area contributed by atoms with Gasteiger partial charge in [-0.1, -0.05) is 0 Å². The summed E-state index contributed by atoms with van der Waals surface area (Å²) >= 11 is 5.31. The van der Waals surface area contributed by atoms with E-state index in [2.05, 4.69) is 26.1 Å². The van der Waals surface area contributed by atoms with Crippen LogP contribution in [-0.2, 0) is 0 Å². The van der Waals surface area contributed by atoms with Gasteiger partial charge in [-0.3, -0.25) is 5.10 Å². The third-order valence-electron chi connectivity index (χ3n) is 1.56. The normalized spacial score (nSPS) is 10.9. The second kappa shape index (κ2) is 2.95. The highest BCUT2D eigenvalue weighted by Gasteiger charge is 2.10. The Balaban J connectivity index is 2.98.